The van der Waals surface area contributed by atoms with Gasteiger partial charge in [0, 0.05) is 17.1 Å². The van der Waals surface area contributed by atoms with Gasteiger partial charge >= 0.3 is 0 Å². The Balaban J connectivity index is 1.64. The molecule has 2 aromatic carbocycles. The summed E-state index contributed by atoms with van der Waals surface area (Å²) in [5.41, 5.74) is 2.60. The molecule has 1 fully saturated rings. The molecule has 172 valence electrons. The smallest absolute Gasteiger partial charge is 0.288 e. The van der Waals surface area contributed by atoms with Gasteiger partial charge in [0.1, 0.15) is 23.7 Å². The first-order valence-corrected chi connectivity index (χ1v) is 10.4. The van der Waals surface area contributed by atoms with Gasteiger partial charge in [0.05, 0.1) is 13.2 Å². The van der Waals surface area contributed by atoms with Crippen molar-refractivity contribution in [2.24, 2.45) is 0 Å². The normalized spacial score (nSPS) is 28.1. The Bertz CT molecular complexity index is 1050. The molecule has 0 unspecified atom stereocenters. The SMILES string of the molecule is CCOc1ccc(Cc2c[nH]c3cccc(O[C@]4(O)[C@H](O)O[C@H](CO)[C@@H](O)[C@@H]4O)c23)cc1. The van der Waals surface area contributed by atoms with Crippen LogP contribution in [-0.2, 0) is 11.2 Å². The van der Waals surface area contributed by atoms with Crippen molar-refractivity contribution in [1.82, 2.24) is 4.98 Å². The Kier molecular flexibility index (Phi) is 6.38. The van der Waals surface area contributed by atoms with Crippen LogP contribution in [0.5, 0.6) is 11.5 Å². The molecule has 1 aromatic heterocycles. The zero-order chi connectivity index (χ0) is 22.9. The first-order chi connectivity index (χ1) is 15.4. The molecule has 3 aromatic rings. The summed E-state index contributed by atoms with van der Waals surface area (Å²) in [7, 11) is 0. The second-order valence-electron chi connectivity index (χ2n) is 7.75. The molecule has 0 spiro atoms. The van der Waals surface area contributed by atoms with Crippen molar-refractivity contribution in [2.45, 2.75) is 43.7 Å². The van der Waals surface area contributed by atoms with E-state index in [2.05, 4.69) is 4.98 Å². The molecular formula is C23H27NO8. The minimum Gasteiger partial charge on any atom is -0.494 e. The number of nitrogens with one attached hydrogen (secondary N) is 1. The predicted molar refractivity (Wildman–Crippen MR) is 114 cm³/mol. The fraction of sp³-hybridized carbons (Fsp3) is 0.391. The number of H-pyrrole nitrogens is 1. The topological polar surface area (TPSA) is 145 Å². The lowest BCUT2D eigenvalue weighted by atomic mass is 9.95. The van der Waals surface area contributed by atoms with E-state index in [4.69, 9.17) is 14.2 Å². The summed E-state index contributed by atoms with van der Waals surface area (Å²) in [4.78, 5) is 3.15. The summed E-state index contributed by atoms with van der Waals surface area (Å²) in [6, 6.07) is 12.8. The molecular weight excluding hydrogens is 418 g/mol. The zero-order valence-corrected chi connectivity index (χ0v) is 17.5. The van der Waals surface area contributed by atoms with Crippen LogP contribution in [0.2, 0.25) is 0 Å². The molecule has 0 saturated carbocycles. The molecule has 0 amide bonds. The molecule has 9 nitrogen and oxygen atoms in total. The highest BCUT2D eigenvalue weighted by atomic mass is 16.7. The van der Waals surface area contributed by atoms with Gasteiger partial charge < -0.3 is 44.7 Å². The van der Waals surface area contributed by atoms with Crippen molar-refractivity contribution in [3.63, 3.8) is 0 Å². The highest BCUT2D eigenvalue weighted by molar-refractivity contribution is 5.89. The van der Waals surface area contributed by atoms with E-state index in [0.717, 1.165) is 22.4 Å². The number of hydrogen-bond acceptors (Lipinski definition) is 8. The molecule has 6 N–H and O–H groups in total. The van der Waals surface area contributed by atoms with Crippen LogP contribution in [0.4, 0.5) is 0 Å². The standard InChI is InChI=1S/C23H27NO8/c1-2-30-15-8-6-13(7-9-15)10-14-11-24-16-4-3-5-17(19(14)16)32-23(29)21(27)20(26)18(12-25)31-22(23)28/h3-9,11,18,20-22,24-29H,2,10,12H2,1H3/t18-,20-,21+,22-,23+/m1/s1. The van der Waals surface area contributed by atoms with Crippen LogP contribution in [0.25, 0.3) is 10.9 Å². The van der Waals surface area contributed by atoms with Crippen molar-refractivity contribution in [3.05, 3.63) is 59.8 Å². The second kappa shape index (κ2) is 9.07. The summed E-state index contributed by atoms with van der Waals surface area (Å²) < 4.78 is 16.2. The van der Waals surface area contributed by atoms with Crippen molar-refractivity contribution in [2.75, 3.05) is 13.2 Å². The minimum absolute atomic E-state index is 0.184. The van der Waals surface area contributed by atoms with Gasteiger partial charge in [-0.25, -0.2) is 0 Å². The second-order valence-corrected chi connectivity index (χ2v) is 7.75. The number of aliphatic hydroxyl groups excluding tert-OH is 4. The van der Waals surface area contributed by atoms with Gasteiger partial charge in [-0.3, -0.25) is 0 Å². The first-order valence-electron chi connectivity index (χ1n) is 10.4. The Morgan fingerprint density at radius 1 is 1.09 bits per heavy atom. The highest BCUT2D eigenvalue weighted by Gasteiger charge is 2.57. The van der Waals surface area contributed by atoms with Gasteiger partial charge in [-0.15, -0.1) is 0 Å². The maximum atomic E-state index is 10.9. The Morgan fingerprint density at radius 3 is 2.53 bits per heavy atom. The molecule has 1 aliphatic rings. The zero-order valence-electron chi connectivity index (χ0n) is 17.5. The van der Waals surface area contributed by atoms with E-state index in [1.807, 2.05) is 43.5 Å². The molecule has 2 heterocycles. The van der Waals surface area contributed by atoms with Crippen molar-refractivity contribution in [3.8, 4) is 11.5 Å². The third-order valence-electron chi connectivity index (χ3n) is 5.62. The number of benzene rings is 2. The van der Waals surface area contributed by atoms with Gasteiger partial charge in [0.25, 0.3) is 5.79 Å². The van der Waals surface area contributed by atoms with Gasteiger partial charge in [0.2, 0.25) is 6.29 Å². The van der Waals surface area contributed by atoms with E-state index >= 15 is 0 Å². The van der Waals surface area contributed by atoms with Gasteiger partial charge in [-0.1, -0.05) is 18.2 Å². The first kappa shape index (κ1) is 22.5. The Labute approximate surface area is 184 Å². The van der Waals surface area contributed by atoms with Crippen LogP contribution in [0.1, 0.15) is 18.1 Å². The average Bonchev–Trinajstić information content (AvgIpc) is 3.20. The summed E-state index contributed by atoms with van der Waals surface area (Å²) in [5, 5.41) is 51.6. The molecule has 0 aliphatic carbocycles. The summed E-state index contributed by atoms with van der Waals surface area (Å²) in [6.45, 7) is 1.86. The Morgan fingerprint density at radius 2 is 1.84 bits per heavy atom. The van der Waals surface area contributed by atoms with Gasteiger partial charge in [-0.2, -0.15) is 0 Å². The summed E-state index contributed by atoms with van der Waals surface area (Å²) in [5.74, 6) is -1.68. The quantitative estimate of drug-likeness (QED) is 0.291. The number of hydrogen-bond donors (Lipinski definition) is 6. The fourth-order valence-electron chi connectivity index (χ4n) is 3.91. The van der Waals surface area contributed by atoms with E-state index in [9.17, 15) is 25.5 Å². The molecule has 9 heteroatoms. The maximum Gasteiger partial charge on any atom is 0.288 e. The highest BCUT2D eigenvalue weighted by Crippen LogP contribution is 2.36. The molecule has 1 aliphatic heterocycles. The molecule has 0 radical (unpaired) electrons. The minimum atomic E-state index is -2.65. The van der Waals surface area contributed by atoms with Crippen LogP contribution in [0.3, 0.4) is 0 Å². The van der Waals surface area contributed by atoms with E-state index in [-0.39, 0.29) is 5.75 Å². The van der Waals surface area contributed by atoms with E-state index in [0.29, 0.717) is 18.4 Å². The van der Waals surface area contributed by atoms with Crippen LogP contribution in [0.15, 0.2) is 48.7 Å². The van der Waals surface area contributed by atoms with Crippen LogP contribution >= 0.6 is 0 Å². The molecule has 5 atom stereocenters. The van der Waals surface area contributed by atoms with E-state index in [1.54, 1.807) is 12.1 Å². The third kappa shape index (κ3) is 4.06. The number of aliphatic hydroxyl groups is 5. The monoisotopic (exact) mass is 445 g/mol. The maximum absolute atomic E-state index is 10.9. The number of fused-ring (bicyclic) bond motifs is 1. The van der Waals surface area contributed by atoms with E-state index < -0.39 is 37.0 Å². The van der Waals surface area contributed by atoms with E-state index in [1.165, 1.54) is 0 Å². The number of aromatic amines is 1. The summed E-state index contributed by atoms with van der Waals surface area (Å²) >= 11 is 0. The van der Waals surface area contributed by atoms with Crippen molar-refractivity contribution < 1.29 is 39.7 Å². The fourth-order valence-corrected chi connectivity index (χ4v) is 3.91. The van der Waals surface area contributed by atoms with Gasteiger partial charge in [0.15, 0.2) is 6.10 Å². The largest absolute Gasteiger partial charge is 0.494 e. The molecule has 4 rings (SSSR count). The number of rotatable bonds is 7. The van der Waals surface area contributed by atoms with Crippen LogP contribution in [-0.4, -0.2) is 74.1 Å². The lowest BCUT2D eigenvalue weighted by Gasteiger charge is -2.45. The Hall–Kier alpha value is -2.66. The average molecular weight is 445 g/mol. The molecule has 1 saturated heterocycles. The predicted octanol–water partition coefficient (Wildman–Crippen LogP) is 0.656. The number of aromatic nitrogens is 1. The molecule has 0 bridgehead atoms. The number of ether oxygens (including phenoxy) is 3. The van der Waals surface area contributed by atoms with Crippen LogP contribution in [0, 0.1) is 0 Å². The van der Waals surface area contributed by atoms with Crippen molar-refractivity contribution in [1.29, 1.82) is 0 Å². The lowest BCUT2D eigenvalue weighted by molar-refractivity contribution is -0.385. The lowest BCUT2D eigenvalue weighted by Crippen LogP contribution is -2.69. The third-order valence-corrected chi connectivity index (χ3v) is 5.62. The van der Waals surface area contributed by atoms with Gasteiger partial charge in [-0.05, 0) is 48.7 Å². The summed E-state index contributed by atoms with van der Waals surface area (Å²) in [6.07, 6.45) is -4.49. The molecule has 32 heavy (non-hydrogen) atoms. The van der Waals surface area contributed by atoms with Crippen molar-refractivity contribution >= 4 is 10.9 Å². The van der Waals surface area contributed by atoms with Crippen LogP contribution < -0.4 is 9.47 Å².